The second-order valence-corrected chi connectivity index (χ2v) is 4.52. The maximum absolute atomic E-state index is 11.6. The van der Waals surface area contributed by atoms with Gasteiger partial charge in [-0.1, -0.05) is 17.7 Å². The van der Waals surface area contributed by atoms with Gasteiger partial charge in [-0.05, 0) is 31.2 Å². The van der Waals surface area contributed by atoms with Gasteiger partial charge in [-0.2, -0.15) is 5.10 Å². The lowest BCUT2D eigenvalue weighted by atomic mass is 10.1. The van der Waals surface area contributed by atoms with Crippen LogP contribution in [0, 0.1) is 6.92 Å². The highest BCUT2D eigenvalue weighted by Gasteiger charge is 2.02. The average molecular weight is 251 g/mol. The SMILES string of the molecule is Cc1ccc2nc(Cn3ncccc3=O)ccc2c1. The van der Waals surface area contributed by atoms with Crippen LogP contribution in [-0.2, 0) is 6.54 Å². The third kappa shape index (κ3) is 2.38. The Bertz CT molecular complexity index is 792. The first-order valence-corrected chi connectivity index (χ1v) is 6.11. The van der Waals surface area contributed by atoms with Crippen molar-refractivity contribution < 1.29 is 0 Å². The lowest BCUT2D eigenvalue weighted by Crippen LogP contribution is -2.22. The fraction of sp³-hybridized carbons (Fsp3) is 0.133. The van der Waals surface area contributed by atoms with E-state index in [9.17, 15) is 4.79 Å². The van der Waals surface area contributed by atoms with Crippen LogP contribution in [0.1, 0.15) is 11.3 Å². The predicted molar refractivity (Wildman–Crippen MR) is 74.1 cm³/mol. The number of benzene rings is 1. The van der Waals surface area contributed by atoms with E-state index in [-0.39, 0.29) is 5.56 Å². The van der Waals surface area contributed by atoms with Crippen molar-refractivity contribution in [3.05, 3.63) is 70.3 Å². The summed E-state index contributed by atoms with van der Waals surface area (Å²) < 4.78 is 1.41. The standard InChI is InChI=1S/C15H13N3O/c1-11-4-7-14-12(9-11)5-6-13(17-14)10-18-15(19)3-2-8-16-18/h2-9H,10H2,1H3. The molecule has 0 bridgehead atoms. The van der Waals surface area contributed by atoms with E-state index >= 15 is 0 Å². The van der Waals surface area contributed by atoms with E-state index in [0.29, 0.717) is 6.54 Å². The molecule has 0 aliphatic heterocycles. The Kier molecular flexibility index (Phi) is 2.83. The minimum atomic E-state index is -0.117. The fourth-order valence-electron chi connectivity index (χ4n) is 2.03. The van der Waals surface area contributed by atoms with Crippen molar-refractivity contribution in [1.29, 1.82) is 0 Å². The van der Waals surface area contributed by atoms with Crippen LogP contribution >= 0.6 is 0 Å². The highest BCUT2D eigenvalue weighted by Crippen LogP contribution is 2.14. The van der Waals surface area contributed by atoms with Gasteiger partial charge < -0.3 is 0 Å². The summed E-state index contributed by atoms with van der Waals surface area (Å²) in [7, 11) is 0. The average Bonchev–Trinajstić information content (AvgIpc) is 2.41. The van der Waals surface area contributed by atoms with Gasteiger partial charge in [-0.3, -0.25) is 9.78 Å². The number of nitrogens with zero attached hydrogens (tertiary/aromatic N) is 3. The normalized spacial score (nSPS) is 10.8. The highest BCUT2D eigenvalue weighted by atomic mass is 16.1. The maximum atomic E-state index is 11.6. The molecule has 2 aromatic heterocycles. The molecule has 4 heteroatoms. The first kappa shape index (κ1) is 11.6. The van der Waals surface area contributed by atoms with Gasteiger partial charge in [0.25, 0.3) is 5.56 Å². The summed E-state index contributed by atoms with van der Waals surface area (Å²) in [5, 5.41) is 5.14. The zero-order valence-electron chi connectivity index (χ0n) is 10.6. The van der Waals surface area contributed by atoms with Crippen molar-refractivity contribution >= 4 is 10.9 Å². The van der Waals surface area contributed by atoms with Crippen molar-refractivity contribution in [2.75, 3.05) is 0 Å². The molecule has 4 nitrogen and oxygen atoms in total. The Morgan fingerprint density at radius 2 is 2.05 bits per heavy atom. The zero-order chi connectivity index (χ0) is 13.2. The molecule has 0 amide bonds. The van der Waals surface area contributed by atoms with E-state index in [4.69, 9.17) is 0 Å². The molecule has 94 valence electrons. The van der Waals surface area contributed by atoms with E-state index in [1.54, 1.807) is 12.3 Å². The third-order valence-corrected chi connectivity index (χ3v) is 3.00. The van der Waals surface area contributed by atoms with E-state index in [1.165, 1.54) is 16.3 Å². The summed E-state index contributed by atoms with van der Waals surface area (Å²) >= 11 is 0. The molecule has 0 unspecified atom stereocenters. The molecule has 0 atom stereocenters. The van der Waals surface area contributed by atoms with Crippen LogP contribution in [0.4, 0.5) is 0 Å². The van der Waals surface area contributed by atoms with Gasteiger partial charge in [0, 0.05) is 17.6 Å². The van der Waals surface area contributed by atoms with Crippen LogP contribution in [-0.4, -0.2) is 14.8 Å². The summed E-state index contributed by atoms with van der Waals surface area (Å²) in [6, 6.07) is 13.2. The topological polar surface area (TPSA) is 47.8 Å². The summed E-state index contributed by atoms with van der Waals surface area (Å²) in [5.74, 6) is 0. The first-order chi connectivity index (χ1) is 9.22. The summed E-state index contributed by atoms with van der Waals surface area (Å²) in [5.41, 5.74) is 2.86. The second-order valence-electron chi connectivity index (χ2n) is 4.52. The molecule has 3 rings (SSSR count). The molecule has 0 saturated heterocycles. The first-order valence-electron chi connectivity index (χ1n) is 6.11. The van der Waals surface area contributed by atoms with E-state index in [2.05, 4.69) is 23.1 Å². The minimum Gasteiger partial charge on any atom is -0.268 e. The predicted octanol–water partition coefficient (Wildman–Crippen LogP) is 2.15. The molecule has 2 heterocycles. The number of aryl methyl sites for hydroxylation is 1. The van der Waals surface area contributed by atoms with Gasteiger partial charge in [0.15, 0.2) is 0 Å². The smallest absolute Gasteiger partial charge is 0.267 e. The highest BCUT2D eigenvalue weighted by molar-refractivity contribution is 5.79. The second kappa shape index (κ2) is 4.65. The maximum Gasteiger partial charge on any atom is 0.267 e. The lowest BCUT2D eigenvalue weighted by Gasteiger charge is -2.05. The molecule has 0 aliphatic carbocycles. The van der Waals surface area contributed by atoms with Crippen molar-refractivity contribution in [3.8, 4) is 0 Å². The van der Waals surface area contributed by atoms with Crippen LogP contribution in [0.3, 0.4) is 0 Å². The van der Waals surface area contributed by atoms with Crippen molar-refractivity contribution in [1.82, 2.24) is 14.8 Å². The summed E-state index contributed by atoms with van der Waals surface area (Å²) in [6.07, 6.45) is 1.60. The molecule has 19 heavy (non-hydrogen) atoms. The summed E-state index contributed by atoms with van der Waals surface area (Å²) in [4.78, 5) is 16.2. The van der Waals surface area contributed by atoms with Crippen LogP contribution < -0.4 is 5.56 Å². The molecule has 0 aliphatic rings. The van der Waals surface area contributed by atoms with Crippen LogP contribution in [0.5, 0.6) is 0 Å². The molecule has 0 spiro atoms. The largest absolute Gasteiger partial charge is 0.268 e. The quantitative estimate of drug-likeness (QED) is 0.701. The molecule has 0 radical (unpaired) electrons. The van der Waals surface area contributed by atoms with Gasteiger partial charge in [0.2, 0.25) is 0 Å². The van der Waals surface area contributed by atoms with E-state index in [0.717, 1.165) is 16.6 Å². The van der Waals surface area contributed by atoms with E-state index in [1.807, 2.05) is 24.3 Å². The molecule has 0 saturated carbocycles. The monoisotopic (exact) mass is 251 g/mol. The van der Waals surface area contributed by atoms with Gasteiger partial charge in [-0.15, -0.1) is 0 Å². The van der Waals surface area contributed by atoms with Gasteiger partial charge in [-0.25, -0.2) is 4.68 Å². The zero-order valence-corrected chi connectivity index (χ0v) is 10.6. The van der Waals surface area contributed by atoms with Crippen molar-refractivity contribution in [2.24, 2.45) is 0 Å². The number of hydrogen-bond donors (Lipinski definition) is 0. The molecule has 3 aromatic rings. The lowest BCUT2D eigenvalue weighted by molar-refractivity contribution is 0.629. The number of fused-ring (bicyclic) bond motifs is 1. The van der Waals surface area contributed by atoms with Crippen LogP contribution in [0.25, 0.3) is 10.9 Å². The Balaban J connectivity index is 2.00. The third-order valence-electron chi connectivity index (χ3n) is 3.00. The van der Waals surface area contributed by atoms with Gasteiger partial charge in [0.05, 0.1) is 17.8 Å². The Morgan fingerprint density at radius 1 is 1.16 bits per heavy atom. The van der Waals surface area contributed by atoms with Gasteiger partial charge >= 0.3 is 0 Å². The molecular formula is C15H13N3O. The number of rotatable bonds is 2. The van der Waals surface area contributed by atoms with Crippen LogP contribution in [0.15, 0.2) is 53.5 Å². The Labute approximate surface area is 110 Å². The van der Waals surface area contributed by atoms with Crippen molar-refractivity contribution in [2.45, 2.75) is 13.5 Å². The van der Waals surface area contributed by atoms with Crippen LogP contribution in [0.2, 0.25) is 0 Å². The molecular weight excluding hydrogens is 238 g/mol. The molecule has 1 aromatic carbocycles. The summed E-state index contributed by atoms with van der Waals surface area (Å²) in [6.45, 7) is 2.45. The minimum absolute atomic E-state index is 0.117. The number of pyridine rings is 1. The molecule has 0 fully saturated rings. The molecule has 0 N–H and O–H groups in total. The number of hydrogen-bond acceptors (Lipinski definition) is 3. The number of aromatic nitrogens is 3. The fourth-order valence-corrected chi connectivity index (χ4v) is 2.03. The van der Waals surface area contributed by atoms with Crippen molar-refractivity contribution in [3.63, 3.8) is 0 Å². The van der Waals surface area contributed by atoms with Gasteiger partial charge in [0.1, 0.15) is 0 Å². The Hall–Kier alpha value is -2.49. The Morgan fingerprint density at radius 3 is 2.89 bits per heavy atom. The van der Waals surface area contributed by atoms with E-state index < -0.39 is 0 Å².